The molecule has 0 atom stereocenters. The summed E-state index contributed by atoms with van der Waals surface area (Å²) in [6.07, 6.45) is 3.43. The minimum Gasteiger partial charge on any atom is -0.455 e. The molecule has 1 N–H and O–H groups in total. The first-order valence-electron chi connectivity index (χ1n) is 5.43. The molecule has 0 saturated carbocycles. The van der Waals surface area contributed by atoms with Gasteiger partial charge in [-0.3, -0.25) is 0 Å². The summed E-state index contributed by atoms with van der Waals surface area (Å²) in [6, 6.07) is 0.420. The fourth-order valence-electron chi connectivity index (χ4n) is 1.46. The average Bonchev–Trinajstić information content (AvgIpc) is 2.46. The Bertz CT molecular complexity index is 388. The third-order valence-electron chi connectivity index (χ3n) is 2.39. The first-order valence-corrected chi connectivity index (χ1v) is 5.43. The summed E-state index contributed by atoms with van der Waals surface area (Å²) in [5.74, 6) is -0.362. The summed E-state index contributed by atoms with van der Waals surface area (Å²) in [5, 5.41) is 3.17. The quantitative estimate of drug-likeness (QED) is 0.759. The molecule has 2 heterocycles. The molecule has 0 radical (unpaired) electrons. The second kappa shape index (κ2) is 3.90. The van der Waals surface area contributed by atoms with Crippen molar-refractivity contribution in [2.75, 3.05) is 13.1 Å². The Morgan fingerprint density at radius 1 is 1.56 bits per heavy atom. The van der Waals surface area contributed by atoms with Crippen LogP contribution in [0.1, 0.15) is 37.3 Å². The molecule has 5 nitrogen and oxygen atoms in total. The van der Waals surface area contributed by atoms with Crippen molar-refractivity contribution in [3.63, 3.8) is 0 Å². The number of imidazole rings is 1. The molecule has 2 rings (SSSR count). The van der Waals surface area contributed by atoms with Crippen LogP contribution >= 0.6 is 0 Å². The lowest BCUT2D eigenvalue weighted by Crippen LogP contribution is -2.42. The van der Waals surface area contributed by atoms with E-state index in [4.69, 9.17) is 4.74 Å². The standard InChI is InChI=1S/C11H17N3O2/c1-11(2,3)16-10(15)9-6-14(7-13-9)8-4-12-5-8/h6-8,12H,4-5H2,1-3H3. The van der Waals surface area contributed by atoms with Gasteiger partial charge in [0.1, 0.15) is 5.60 Å². The first-order chi connectivity index (χ1) is 7.46. The van der Waals surface area contributed by atoms with Crippen LogP contribution in [-0.4, -0.2) is 34.2 Å². The fourth-order valence-corrected chi connectivity index (χ4v) is 1.46. The van der Waals surface area contributed by atoms with Gasteiger partial charge in [0.05, 0.1) is 12.4 Å². The highest BCUT2D eigenvalue weighted by Gasteiger charge is 2.23. The van der Waals surface area contributed by atoms with Crippen LogP contribution in [0.3, 0.4) is 0 Å². The van der Waals surface area contributed by atoms with E-state index in [2.05, 4.69) is 10.3 Å². The third-order valence-corrected chi connectivity index (χ3v) is 2.39. The van der Waals surface area contributed by atoms with Gasteiger partial charge < -0.3 is 14.6 Å². The molecule has 88 valence electrons. The van der Waals surface area contributed by atoms with Gasteiger partial charge in [0, 0.05) is 19.3 Å². The van der Waals surface area contributed by atoms with Gasteiger partial charge in [0.15, 0.2) is 5.69 Å². The number of esters is 1. The van der Waals surface area contributed by atoms with Crippen molar-refractivity contribution in [2.45, 2.75) is 32.4 Å². The molecule has 1 saturated heterocycles. The van der Waals surface area contributed by atoms with Crippen molar-refractivity contribution in [2.24, 2.45) is 0 Å². The average molecular weight is 223 g/mol. The van der Waals surface area contributed by atoms with Crippen LogP contribution in [0.2, 0.25) is 0 Å². The highest BCUT2D eigenvalue weighted by molar-refractivity contribution is 5.87. The number of nitrogens with zero attached hydrogens (tertiary/aromatic N) is 2. The predicted octanol–water partition coefficient (Wildman–Crippen LogP) is 0.983. The Balaban J connectivity index is 2.03. The molecule has 0 spiro atoms. The van der Waals surface area contributed by atoms with E-state index < -0.39 is 5.60 Å². The molecule has 0 amide bonds. The van der Waals surface area contributed by atoms with Gasteiger partial charge in [-0.15, -0.1) is 0 Å². The van der Waals surface area contributed by atoms with Gasteiger partial charge in [0.25, 0.3) is 0 Å². The molecule has 1 fully saturated rings. The number of ether oxygens (including phenoxy) is 1. The molecular formula is C11H17N3O2. The smallest absolute Gasteiger partial charge is 0.359 e. The zero-order valence-electron chi connectivity index (χ0n) is 9.86. The van der Waals surface area contributed by atoms with E-state index in [0.29, 0.717) is 11.7 Å². The number of carbonyl (C=O) groups is 1. The molecule has 5 heteroatoms. The monoisotopic (exact) mass is 223 g/mol. The van der Waals surface area contributed by atoms with Crippen LogP contribution in [0.15, 0.2) is 12.5 Å². The van der Waals surface area contributed by atoms with E-state index in [1.54, 1.807) is 12.5 Å². The Kier molecular flexibility index (Phi) is 2.71. The van der Waals surface area contributed by atoms with Crippen molar-refractivity contribution in [3.05, 3.63) is 18.2 Å². The van der Waals surface area contributed by atoms with Gasteiger partial charge in [-0.05, 0) is 20.8 Å². The van der Waals surface area contributed by atoms with Gasteiger partial charge in [-0.25, -0.2) is 9.78 Å². The highest BCUT2D eigenvalue weighted by Crippen LogP contribution is 2.14. The molecular weight excluding hydrogens is 206 g/mol. The summed E-state index contributed by atoms with van der Waals surface area (Å²) in [7, 11) is 0. The van der Waals surface area contributed by atoms with Gasteiger partial charge in [-0.2, -0.15) is 0 Å². The second-order valence-electron chi connectivity index (χ2n) is 5.02. The maximum atomic E-state index is 11.7. The lowest BCUT2D eigenvalue weighted by atomic mass is 10.2. The van der Waals surface area contributed by atoms with Crippen LogP contribution in [0.5, 0.6) is 0 Å². The van der Waals surface area contributed by atoms with Crippen molar-refractivity contribution in [1.82, 2.24) is 14.9 Å². The molecule has 1 aliphatic rings. The maximum absolute atomic E-state index is 11.7. The molecule has 1 aromatic rings. The first kappa shape index (κ1) is 11.1. The zero-order valence-corrected chi connectivity index (χ0v) is 9.86. The highest BCUT2D eigenvalue weighted by atomic mass is 16.6. The third kappa shape index (κ3) is 2.41. The molecule has 0 unspecified atom stereocenters. The molecule has 0 aromatic carbocycles. The van der Waals surface area contributed by atoms with Crippen molar-refractivity contribution >= 4 is 5.97 Å². The Morgan fingerprint density at radius 3 is 2.75 bits per heavy atom. The SMILES string of the molecule is CC(C)(C)OC(=O)c1cn(C2CNC2)cn1. The second-order valence-corrected chi connectivity index (χ2v) is 5.02. The number of hydrogen-bond acceptors (Lipinski definition) is 4. The largest absolute Gasteiger partial charge is 0.455 e. The fraction of sp³-hybridized carbons (Fsp3) is 0.636. The summed E-state index contributed by atoms with van der Waals surface area (Å²) in [6.45, 7) is 7.40. The van der Waals surface area contributed by atoms with E-state index in [1.165, 1.54) is 0 Å². The van der Waals surface area contributed by atoms with Gasteiger partial charge >= 0.3 is 5.97 Å². The summed E-state index contributed by atoms with van der Waals surface area (Å²) >= 11 is 0. The van der Waals surface area contributed by atoms with E-state index in [1.807, 2.05) is 25.3 Å². The number of rotatable bonds is 2. The minimum absolute atomic E-state index is 0.362. The normalized spacial score (nSPS) is 16.9. The maximum Gasteiger partial charge on any atom is 0.359 e. The van der Waals surface area contributed by atoms with Crippen molar-refractivity contribution in [1.29, 1.82) is 0 Å². The molecule has 16 heavy (non-hydrogen) atoms. The minimum atomic E-state index is -0.473. The van der Waals surface area contributed by atoms with Crippen molar-refractivity contribution in [3.8, 4) is 0 Å². The van der Waals surface area contributed by atoms with Crippen LogP contribution in [0, 0.1) is 0 Å². The Hall–Kier alpha value is -1.36. The molecule has 0 bridgehead atoms. The van der Waals surface area contributed by atoms with Crippen molar-refractivity contribution < 1.29 is 9.53 Å². The number of aromatic nitrogens is 2. The van der Waals surface area contributed by atoms with Crippen LogP contribution < -0.4 is 5.32 Å². The van der Waals surface area contributed by atoms with Gasteiger partial charge in [-0.1, -0.05) is 0 Å². The predicted molar refractivity (Wildman–Crippen MR) is 59.3 cm³/mol. The lowest BCUT2D eigenvalue weighted by Gasteiger charge is -2.27. The van der Waals surface area contributed by atoms with E-state index in [0.717, 1.165) is 13.1 Å². The molecule has 1 aromatic heterocycles. The summed E-state index contributed by atoms with van der Waals surface area (Å²) < 4.78 is 7.19. The Labute approximate surface area is 94.8 Å². The van der Waals surface area contributed by atoms with E-state index in [9.17, 15) is 4.79 Å². The number of nitrogens with one attached hydrogen (secondary N) is 1. The van der Waals surface area contributed by atoms with Crippen LogP contribution in [0.4, 0.5) is 0 Å². The van der Waals surface area contributed by atoms with Crippen LogP contribution in [0.25, 0.3) is 0 Å². The Morgan fingerprint density at radius 2 is 2.25 bits per heavy atom. The number of carbonyl (C=O) groups excluding carboxylic acids is 1. The summed E-state index contributed by atoms with van der Waals surface area (Å²) in [5.41, 5.74) is -0.0966. The van der Waals surface area contributed by atoms with E-state index >= 15 is 0 Å². The lowest BCUT2D eigenvalue weighted by molar-refractivity contribution is 0.00632. The zero-order chi connectivity index (χ0) is 11.8. The topological polar surface area (TPSA) is 56.1 Å². The van der Waals surface area contributed by atoms with Crippen LogP contribution in [-0.2, 0) is 4.74 Å². The molecule has 1 aliphatic heterocycles. The van der Waals surface area contributed by atoms with Gasteiger partial charge in [0.2, 0.25) is 0 Å². The number of hydrogen-bond donors (Lipinski definition) is 1. The summed E-state index contributed by atoms with van der Waals surface area (Å²) in [4.78, 5) is 15.8. The molecule has 0 aliphatic carbocycles. The van der Waals surface area contributed by atoms with E-state index in [-0.39, 0.29) is 5.97 Å².